The van der Waals surface area contributed by atoms with E-state index in [2.05, 4.69) is 5.92 Å². The van der Waals surface area contributed by atoms with Crippen LogP contribution in [0.15, 0.2) is 0 Å². The van der Waals surface area contributed by atoms with Gasteiger partial charge in [0.2, 0.25) is 5.91 Å². The van der Waals surface area contributed by atoms with Gasteiger partial charge in [0.1, 0.15) is 0 Å². The first-order valence-electron chi connectivity index (χ1n) is 4.62. The molecule has 0 radical (unpaired) electrons. The molecule has 0 aromatic carbocycles. The van der Waals surface area contributed by atoms with Crippen molar-refractivity contribution in [3.8, 4) is 12.3 Å². The highest BCUT2D eigenvalue weighted by Crippen LogP contribution is 2.03. The third-order valence-corrected chi connectivity index (χ3v) is 2.48. The first-order valence-corrected chi connectivity index (χ1v) is 5.78. The van der Waals surface area contributed by atoms with E-state index in [1.807, 2.05) is 6.92 Å². The zero-order valence-electron chi connectivity index (χ0n) is 8.73. The minimum absolute atomic E-state index is 0.0538. The summed E-state index contributed by atoms with van der Waals surface area (Å²) in [5.41, 5.74) is 0. The van der Waals surface area contributed by atoms with Gasteiger partial charge in [-0.25, -0.2) is 0 Å². The molecular weight excluding hydrogens is 214 g/mol. The Balaban J connectivity index is 3.92. The summed E-state index contributed by atoms with van der Waals surface area (Å²) in [5, 5.41) is 8.39. The fraction of sp³-hybridized carbons (Fsp3) is 0.600. The number of carbonyl (C=O) groups excluding carboxylic acids is 1. The maximum absolute atomic E-state index is 11.5. The highest BCUT2D eigenvalue weighted by molar-refractivity contribution is 8.00. The predicted octanol–water partition coefficient (Wildman–Crippen LogP) is 0.676. The monoisotopic (exact) mass is 229 g/mol. The molecular formula is C10H15NO3S. The van der Waals surface area contributed by atoms with E-state index >= 15 is 0 Å². The topological polar surface area (TPSA) is 57.6 Å². The standard InChI is InChI=1S/C10H15NO3S/c1-3-5-11(6-4-2)9(12)7-15-8-10(13)14/h1H,4-8H2,2H3,(H,13,14). The summed E-state index contributed by atoms with van der Waals surface area (Å²) in [6, 6.07) is 0. The number of hydrogen-bond donors (Lipinski definition) is 1. The fourth-order valence-corrected chi connectivity index (χ4v) is 1.62. The average molecular weight is 229 g/mol. The van der Waals surface area contributed by atoms with Crippen molar-refractivity contribution in [1.29, 1.82) is 0 Å². The normalized spacial score (nSPS) is 9.33. The number of hydrogen-bond acceptors (Lipinski definition) is 3. The molecule has 0 bridgehead atoms. The summed E-state index contributed by atoms with van der Waals surface area (Å²) in [7, 11) is 0. The van der Waals surface area contributed by atoms with Crippen molar-refractivity contribution in [2.45, 2.75) is 13.3 Å². The van der Waals surface area contributed by atoms with Gasteiger partial charge in [-0.1, -0.05) is 12.8 Å². The molecule has 0 saturated heterocycles. The molecule has 0 aromatic heterocycles. The van der Waals surface area contributed by atoms with Gasteiger partial charge < -0.3 is 10.0 Å². The first kappa shape index (κ1) is 13.8. The highest BCUT2D eigenvalue weighted by atomic mass is 32.2. The van der Waals surface area contributed by atoms with Crippen molar-refractivity contribution in [3.63, 3.8) is 0 Å². The van der Waals surface area contributed by atoms with E-state index in [9.17, 15) is 9.59 Å². The van der Waals surface area contributed by atoms with Gasteiger partial charge in [0.15, 0.2) is 0 Å². The molecule has 0 aliphatic carbocycles. The lowest BCUT2D eigenvalue weighted by molar-refractivity contribution is -0.133. The van der Waals surface area contributed by atoms with E-state index < -0.39 is 5.97 Å². The second-order valence-corrected chi connectivity index (χ2v) is 3.89. The number of nitrogens with zero attached hydrogens (tertiary/aromatic N) is 1. The molecule has 0 aliphatic rings. The van der Waals surface area contributed by atoms with Gasteiger partial charge in [-0.05, 0) is 6.42 Å². The van der Waals surface area contributed by atoms with Crippen molar-refractivity contribution in [1.82, 2.24) is 4.90 Å². The number of terminal acetylenes is 1. The molecule has 1 amide bonds. The maximum Gasteiger partial charge on any atom is 0.313 e. The number of aliphatic carboxylic acids is 1. The third-order valence-electron chi connectivity index (χ3n) is 1.58. The van der Waals surface area contributed by atoms with E-state index in [1.54, 1.807) is 4.90 Å². The number of carboxylic acid groups (broad SMARTS) is 1. The van der Waals surface area contributed by atoms with Crippen molar-refractivity contribution in [2.24, 2.45) is 0 Å². The van der Waals surface area contributed by atoms with Gasteiger partial charge in [-0.2, -0.15) is 0 Å². The summed E-state index contributed by atoms with van der Waals surface area (Å²) < 4.78 is 0. The number of thioether (sulfide) groups is 1. The molecule has 0 aliphatic heterocycles. The van der Waals surface area contributed by atoms with Crippen LogP contribution in [0.4, 0.5) is 0 Å². The smallest absolute Gasteiger partial charge is 0.313 e. The molecule has 15 heavy (non-hydrogen) atoms. The molecule has 0 fully saturated rings. The van der Waals surface area contributed by atoms with Crippen LogP contribution in [0.5, 0.6) is 0 Å². The summed E-state index contributed by atoms with van der Waals surface area (Å²) in [6.07, 6.45) is 5.97. The van der Waals surface area contributed by atoms with Crippen LogP contribution in [0.3, 0.4) is 0 Å². The molecule has 0 saturated carbocycles. The molecule has 0 spiro atoms. The maximum atomic E-state index is 11.5. The van der Waals surface area contributed by atoms with Gasteiger partial charge in [0, 0.05) is 6.54 Å². The summed E-state index contributed by atoms with van der Waals surface area (Å²) >= 11 is 1.09. The molecule has 84 valence electrons. The average Bonchev–Trinajstić information content (AvgIpc) is 2.16. The zero-order chi connectivity index (χ0) is 11.7. The van der Waals surface area contributed by atoms with Gasteiger partial charge in [-0.15, -0.1) is 18.2 Å². The minimum atomic E-state index is -0.910. The summed E-state index contributed by atoms with van der Waals surface area (Å²) in [6.45, 7) is 2.87. The van der Waals surface area contributed by atoms with Crippen molar-refractivity contribution < 1.29 is 14.7 Å². The van der Waals surface area contributed by atoms with E-state index in [4.69, 9.17) is 11.5 Å². The third kappa shape index (κ3) is 6.86. The molecule has 4 nitrogen and oxygen atoms in total. The SMILES string of the molecule is C#CCN(CCC)C(=O)CSCC(=O)O. The van der Waals surface area contributed by atoms with Crippen LogP contribution in [0, 0.1) is 12.3 Å². The van der Waals surface area contributed by atoms with Crippen LogP contribution >= 0.6 is 11.8 Å². The van der Waals surface area contributed by atoms with Crippen LogP contribution in [0.25, 0.3) is 0 Å². The number of carboxylic acids is 1. The van der Waals surface area contributed by atoms with E-state index in [-0.39, 0.29) is 17.4 Å². The molecule has 0 atom stereocenters. The Morgan fingerprint density at radius 1 is 1.47 bits per heavy atom. The Hall–Kier alpha value is -1.15. The van der Waals surface area contributed by atoms with E-state index in [0.717, 1.165) is 18.2 Å². The molecule has 0 unspecified atom stereocenters. The van der Waals surface area contributed by atoms with Gasteiger partial charge >= 0.3 is 5.97 Å². The molecule has 5 heteroatoms. The van der Waals surface area contributed by atoms with Crippen LogP contribution in [-0.2, 0) is 9.59 Å². The Bertz CT molecular complexity index is 260. The van der Waals surface area contributed by atoms with Crippen LogP contribution in [0.2, 0.25) is 0 Å². The molecule has 1 N–H and O–H groups in total. The Labute approximate surface area is 94.0 Å². The zero-order valence-corrected chi connectivity index (χ0v) is 9.55. The lowest BCUT2D eigenvalue weighted by Crippen LogP contribution is -2.33. The van der Waals surface area contributed by atoms with Gasteiger partial charge in [-0.3, -0.25) is 9.59 Å². The molecule has 0 aromatic rings. The van der Waals surface area contributed by atoms with E-state index in [1.165, 1.54) is 0 Å². The highest BCUT2D eigenvalue weighted by Gasteiger charge is 2.11. The van der Waals surface area contributed by atoms with Gasteiger partial charge in [0.25, 0.3) is 0 Å². The summed E-state index contributed by atoms with van der Waals surface area (Å²) in [5.74, 6) is 1.53. The number of amides is 1. The van der Waals surface area contributed by atoms with Crippen LogP contribution in [-0.4, -0.2) is 46.5 Å². The Morgan fingerprint density at radius 2 is 2.13 bits per heavy atom. The Morgan fingerprint density at radius 3 is 2.60 bits per heavy atom. The second-order valence-electron chi connectivity index (χ2n) is 2.91. The van der Waals surface area contributed by atoms with Crippen molar-refractivity contribution in [2.75, 3.05) is 24.6 Å². The molecule has 0 heterocycles. The van der Waals surface area contributed by atoms with Crippen LogP contribution in [0.1, 0.15) is 13.3 Å². The lowest BCUT2D eigenvalue weighted by atomic mass is 10.4. The quantitative estimate of drug-likeness (QED) is 0.652. The largest absolute Gasteiger partial charge is 0.481 e. The van der Waals surface area contributed by atoms with Crippen molar-refractivity contribution in [3.05, 3.63) is 0 Å². The number of rotatable bonds is 7. The minimum Gasteiger partial charge on any atom is -0.481 e. The van der Waals surface area contributed by atoms with Gasteiger partial charge in [0.05, 0.1) is 18.1 Å². The predicted molar refractivity (Wildman–Crippen MR) is 60.7 cm³/mol. The Kier molecular flexibility index (Phi) is 7.56. The van der Waals surface area contributed by atoms with Crippen molar-refractivity contribution >= 4 is 23.6 Å². The number of carbonyl (C=O) groups is 2. The van der Waals surface area contributed by atoms with E-state index in [0.29, 0.717) is 13.1 Å². The second kappa shape index (κ2) is 8.18. The first-order chi connectivity index (χ1) is 7.11. The molecule has 0 rings (SSSR count). The fourth-order valence-electron chi connectivity index (χ4n) is 0.989. The van der Waals surface area contributed by atoms with Crippen LogP contribution < -0.4 is 0 Å². The lowest BCUT2D eigenvalue weighted by Gasteiger charge is -2.18. The summed E-state index contributed by atoms with van der Waals surface area (Å²) in [4.78, 5) is 23.3.